The molecule has 5 heteroatoms. The molecule has 0 radical (unpaired) electrons. The molecule has 2 rings (SSSR count). The van der Waals surface area contributed by atoms with E-state index in [0.29, 0.717) is 10.7 Å². The maximum atomic E-state index is 5.98. The fraction of sp³-hybridized carbons (Fsp3) is 0.273. The molecule has 0 spiro atoms. The minimum atomic E-state index is 0.545. The highest BCUT2D eigenvalue weighted by Gasteiger charge is 2.11. The van der Waals surface area contributed by atoms with Gasteiger partial charge in [-0.25, -0.2) is 0 Å². The summed E-state index contributed by atoms with van der Waals surface area (Å²) in [7, 11) is 0. The number of para-hydroxylation sites is 1. The Morgan fingerprint density at radius 3 is 3.00 bits per heavy atom. The first kappa shape index (κ1) is 11.0. The standard InChI is InChI=1S/C11H13ClN4/c1-2-6-16-7-14-15-11(16)8-4-3-5-9(12)10(8)13/h3-5,7H,2,6,13H2,1H3. The normalized spacial score (nSPS) is 10.6. The van der Waals surface area contributed by atoms with E-state index in [9.17, 15) is 0 Å². The molecule has 0 saturated carbocycles. The van der Waals surface area contributed by atoms with Crippen molar-refractivity contribution in [2.24, 2.45) is 0 Å². The summed E-state index contributed by atoms with van der Waals surface area (Å²) in [5.74, 6) is 0.766. The van der Waals surface area contributed by atoms with Crippen molar-refractivity contribution in [3.05, 3.63) is 29.5 Å². The van der Waals surface area contributed by atoms with Crippen molar-refractivity contribution < 1.29 is 0 Å². The lowest BCUT2D eigenvalue weighted by atomic mass is 10.1. The number of nitrogens with zero attached hydrogens (tertiary/aromatic N) is 3. The summed E-state index contributed by atoms with van der Waals surface area (Å²) in [5, 5.41) is 8.53. The predicted octanol–water partition coefficient (Wildman–Crippen LogP) is 2.59. The predicted molar refractivity (Wildman–Crippen MR) is 65.2 cm³/mol. The summed E-state index contributed by atoms with van der Waals surface area (Å²) in [6.45, 7) is 2.97. The Bertz CT molecular complexity index is 492. The van der Waals surface area contributed by atoms with Gasteiger partial charge in [-0.1, -0.05) is 24.6 Å². The molecule has 0 amide bonds. The van der Waals surface area contributed by atoms with Crippen LogP contribution in [0, 0.1) is 0 Å². The van der Waals surface area contributed by atoms with Crippen LogP contribution in [0.25, 0.3) is 11.4 Å². The molecule has 1 heterocycles. The average molecular weight is 237 g/mol. The van der Waals surface area contributed by atoms with Gasteiger partial charge in [0.1, 0.15) is 6.33 Å². The van der Waals surface area contributed by atoms with E-state index < -0.39 is 0 Å². The van der Waals surface area contributed by atoms with Crippen molar-refractivity contribution in [3.63, 3.8) is 0 Å². The minimum absolute atomic E-state index is 0.545. The second kappa shape index (κ2) is 4.53. The molecular formula is C11H13ClN4. The second-order valence-electron chi connectivity index (χ2n) is 3.55. The number of hydrogen-bond donors (Lipinski definition) is 1. The number of hydrogen-bond acceptors (Lipinski definition) is 3. The van der Waals surface area contributed by atoms with E-state index in [1.54, 1.807) is 12.4 Å². The molecule has 0 saturated heterocycles. The lowest BCUT2D eigenvalue weighted by Crippen LogP contribution is -2.01. The monoisotopic (exact) mass is 236 g/mol. The third kappa shape index (κ3) is 1.88. The highest BCUT2D eigenvalue weighted by atomic mass is 35.5. The fourth-order valence-corrected chi connectivity index (χ4v) is 1.77. The quantitative estimate of drug-likeness (QED) is 0.834. The number of rotatable bonds is 3. The zero-order valence-corrected chi connectivity index (χ0v) is 9.78. The van der Waals surface area contributed by atoms with Crippen molar-refractivity contribution >= 4 is 17.3 Å². The van der Waals surface area contributed by atoms with Crippen molar-refractivity contribution in [2.45, 2.75) is 19.9 Å². The van der Waals surface area contributed by atoms with Crippen LogP contribution in [0.15, 0.2) is 24.5 Å². The first-order valence-electron chi connectivity index (χ1n) is 5.16. The SMILES string of the molecule is CCCn1cnnc1-c1cccc(Cl)c1N. The molecule has 2 aromatic rings. The topological polar surface area (TPSA) is 56.7 Å². The van der Waals surface area contributed by atoms with Gasteiger partial charge < -0.3 is 10.3 Å². The average Bonchev–Trinajstić information content (AvgIpc) is 2.71. The largest absolute Gasteiger partial charge is 0.397 e. The molecule has 0 aliphatic heterocycles. The van der Waals surface area contributed by atoms with Gasteiger partial charge in [0.25, 0.3) is 0 Å². The Labute approximate surface area is 99.1 Å². The summed E-state index contributed by atoms with van der Waals surface area (Å²) < 4.78 is 1.97. The van der Waals surface area contributed by atoms with Crippen LogP contribution in [0.1, 0.15) is 13.3 Å². The van der Waals surface area contributed by atoms with Gasteiger partial charge in [-0.05, 0) is 18.6 Å². The van der Waals surface area contributed by atoms with Gasteiger partial charge >= 0.3 is 0 Å². The van der Waals surface area contributed by atoms with Crippen LogP contribution in [-0.2, 0) is 6.54 Å². The van der Waals surface area contributed by atoms with Crippen LogP contribution < -0.4 is 5.73 Å². The van der Waals surface area contributed by atoms with Gasteiger partial charge in [0.15, 0.2) is 5.82 Å². The van der Waals surface area contributed by atoms with E-state index in [2.05, 4.69) is 17.1 Å². The van der Waals surface area contributed by atoms with Gasteiger partial charge in [-0.3, -0.25) is 0 Å². The summed E-state index contributed by atoms with van der Waals surface area (Å²) in [6.07, 6.45) is 2.73. The number of nitrogen functional groups attached to an aromatic ring is 1. The van der Waals surface area contributed by atoms with E-state index in [1.165, 1.54) is 0 Å². The summed E-state index contributed by atoms with van der Waals surface area (Å²) in [5.41, 5.74) is 7.31. The molecule has 0 aliphatic rings. The lowest BCUT2D eigenvalue weighted by Gasteiger charge is -2.08. The number of anilines is 1. The highest BCUT2D eigenvalue weighted by molar-refractivity contribution is 6.33. The van der Waals surface area contributed by atoms with Crippen molar-refractivity contribution in [3.8, 4) is 11.4 Å². The second-order valence-corrected chi connectivity index (χ2v) is 3.96. The molecule has 2 N–H and O–H groups in total. The van der Waals surface area contributed by atoms with Crippen LogP contribution in [0.4, 0.5) is 5.69 Å². The molecule has 0 unspecified atom stereocenters. The maximum absolute atomic E-state index is 5.98. The fourth-order valence-electron chi connectivity index (χ4n) is 1.60. The molecule has 84 valence electrons. The van der Waals surface area contributed by atoms with Gasteiger partial charge in [0, 0.05) is 12.1 Å². The smallest absolute Gasteiger partial charge is 0.165 e. The van der Waals surface area contributed by atoms with E-state index in [0.717, 1.165) is 24.4 Å². The number of benzene rings is 1. The molecule has 0 bridgehead atoms. The number of nitrogens with two attached hydrogens (primary N) is 1. The summed E-state index contributed by atoms with van der Waals surface area (Å²) >= 11 is 5.98. The molecule has 16 heavy (non-hydrogen) atoms. The van der Waals surface area contributed by atoms with Gasteiger partial charge in [-0.15, -0.1) is 10.2 Å². The van der Waals surface area contributed by atoms with Crippen molar-refractivity contribution in [1.29, 1.82) is 0 Å². The Hall–Kier alpha value is -1.55. The molecule has 0 fully saturated rings. The summed E-state index contributed by atoms with van der Waals surface area (Å²) in [6, 6.07) is 5.53. The Kier molecular flexibility index (Phi) is 3.10. The van der Waals surface area contributed by atoms with Crippen molar-refractivity contribution in [2.75, 3.05) is 5.73 Å². The van der Waals surface area contributed by atoms with Gasteiger partial charge in [-0.2, -0.15) is 0 Å². The first-order chi connectivity index (χ1) is 7.74. The van der Waals surface area contributed by atoms with E-state index in [-0.39, 0.29) is 0 Å². The molecule has 1 aromatic heterocycles. The van der Waals surface area contributed by atoms with Crippen molar-refractivity contribution in [1.82, 2.24) is 14.8 Å². The Morgan fingerprint density at radius 2 is 2.25 bits per heavy atom. The minimum Gasteiger partial charge on any atom is -0.397 e. The van der Waals surface area contributed by atoms with Crippen LogP contribution >= 0.6 is 11.6 Å². The third-order valence-electron chi connectivity index (χ3n) is 2.37. The van der Waals surface area contributed by atoms with E-state index in [1.807, 2.05) is 16.7 Å². The van der Waals surface area contributed by atoms with Crippen LogP contribution in [0.3, 0.4) is 0 Å². The highest BCUT2D eigenvalue weighted by Crippen LogP contribution is 2.29. The third-order valence-corrected chi connectivity index (χ3v) is 2.70. The lowest BCUT2D eigenvalue weighted by molar-refractivity contribution is 0.683. The van der Waals surface area contributed by atoms with Gasteiger partial charge in [0.2, 0.25) is 0 Å². The van der Waals surface area contributed by atoms with Crippen LogP contribution in [0.2, 0.25) is 5.02 Å². The van der Waals surface area contributed by atoms with E-state index in [4.69, 9.17) is 17.3 Å². The number of aryl methyl sites for hydroxylation is 1. The Balaban J connectivity index is 2.50. The van der Waals surface area contributed by atoms with Crippen LogP contribution in [-0.4, -0.2) is 14.8 Å². The maximum Gasteiger partial charge on any atom is 0.165 e. The molecule has 1 aromatic carbocycles. The van der Waals surface area contributed by atoms with Gasteiger partial charge in [0.05, 0.1) is 10.7 Å². The van der Waals surface area contributed by atoms with Crippen LogP contribution in [0.5, 0.6) is 0 Å². The molecule has 4 nitrogen and oxygen atoms in total. The molecule has 0 aliphatic carbocycles. The Morgan fingerprint density at radius 1 is 1.44 bits per heavy atom. The number of halogens is 1. The number of aromatic nitrogens is 3. The zero-order chi connectivity index (χ0) is 11.5. The molecule has 0 atom stereocenters. The van der Waals surface area contributed by atoms with E-state index >= 15 is 0 Å². The zero-order valence-electron chi connectivity index (χ0n) is 9.02. The summed E-state index contributed by atoms with van der Waals surface area (Å²) in [4.78, 5) is 0. The molecular weight excluding hydrogens is 224 g/mol. The first-order valence-corrected chi connectivity index (χ1v) is 5.54.